The molecule has 3 fully saturated rings. The van der Waals surface area contributed by atoms with Gasteiger partial charge in [0.05, 0.1) is 29.1 Å². The Bertz CT molecular complexity index is 930. The van der Waals surface area contributed by atoms with Crippen LogP contribution in [0.3, 0.4) is 0 Å². The van der Waals surface area contributed by atoms with Crippen LogP contribution in [-0.4, -0.2) is 60.1 Å². The molecule has 0 bridgehead atoms. The number of allylic oxidation sites excluding steroid dienone is 2. The Morgan fingerprint density at radius 2 is 1.18 bits per heavy atom. The van der Waals surface area contributed by atoms with E-state index < -0.39 is 0 Å². The van der Waals surface area contributed by atoms with Gasteiger partial charge in [-0.3, -0.25) is 0 Å². The molecular formula is C35H58Cl2N3O2PRu. The van der Waals surface area contributed by atoms with Crippen LogP contribution in [0.5, 0.6) is 0 Å². The number of rotatable bonds is 7. The average Bonchev–Trinajstić information content (AvgIpc) is 3.76. The van der Waals surface area contributed by atoms with Crippen LogP contribution in [0.15, 0.2) is 33.9 Å². The molecule has 3 unspecified atom stereocenters. The van der Waals surface area contributed by atoms with Gasteiger partial charge in [0.15, 0.2) is 11.8 Å². The molecule has 252 valence electrons. The molecule has 0 saturated heterocycles. The van der Waals surface area contributed by atoms with Gasteiger partial charge in [-0.25, -0.2) is 9.98 Å². The quantitative estimate of drug-likeness (QED) is 0.192. The predicted octanol–water partition coefficient (Wildman–Crippen LogP) is 10.7. The van der Waals surface area contributed by atoms with E-state index in [1.807, 2.05) is 18.2 Å². The average molecular weight is 756 g/mol. The third-order valence-corrected chi connectivity index (χ3v) is 15.0. The molecule has 0 radical (unpaired) electrons. The Morgan fingerprint density at radius 3 is 1.61 bits per heavy atom. The van der Waals surface area contributed by atoms with Crippen molar-refractivity contribution in [3.05, 3.63) is 29.2 Å². The molecule has 3 heterocycles. The van der Waals surface area contributed by atoms with Gasteiger partial charge in [0.2, 0.25) is 0 Å². The van der Waals surface area contributed by atoms with Gasteiger partial charge < -0.3 is 14.8 Å². The maximum absolute atomic E-state index is 5.73. The molecule has 5 nitrogen and oxygen atoms in total. The Hall–Kier alpha value is -0.147. The van der Waals surface area contributed by atoms with Gasteiger partial charge in [-0.15, -0.1) is 0 Å². The molecule has 3 saturated carbocycles. The van der Waals surface area contributed by atoms with E-state index in [9.17, 15) is 0 Å². The fourth-order valence-corrected chi connectivity index (χ4v) is 13.1. The van der Waals surface area contributed by atoms with Crippen LogP contribution < -0.4 is 0 Å². The van der Waals surface area contributed by atoms with E-state index >= 15 is 0 Å². The van der Waals surface area contributed by atoms with E-state index in [-0.39, 0.29) is 41.2 Å². The third-order valence-electron chi connectivity index (χ3n) is 10.4. The summed E-state index contributed by atoms with van der Waals surface area (Å²) in [5.74, 6) is 2.31. The van der Waals surface area contributed by atoms with Crippen LogP contribution in [0.25, 0.3) is 5.32 Å². The molecule has 44 heavy (non-hydrogen) atoms. The molecule has 3 aliphatic heterocycles. The van der Waals surface area contributed by atoms with Crippen molar-refractivity contribution < 1.29 is 24.6 Å². The third kappa shape index (κ3) is 11.0. The Balaban J connectivity index is 0.000000186. The second-order valence-electron chi connectivity index (χ2n) is 14.2. The van der Waals surface area contributed by atoms with Crippen LogP contribution in [0, 0.1) is 11.8 Å². The summed E-state index contributed by atoms with van der Waals surface area (Å²) in [5.41, 5.74) is 4.47. The number of hydrogen-bond acceptors (Lipinski definition) is 4. The van der Waals surface area contributed by atoms with E-state index in [4.69, 9.17) is 34.2 Å². The van der Waals surface area contributed by atoms with Gasteiger partial charge in [-0.2, -0.15) is 0 Å². The fraction of sp³-hybridized carbons (Fsp3) is 0.829. The van der Waals surface area contributed by atoms with E-state index in [0.717, 1.165) is 5.70 Å². The minimum atomic E-state index is -0.346. The fourth-order valence-electron chi connectivity index (χ4n) is 7.84. The topological polar surface area (TPSA) is 57.3 Å². The summed E-state index contributed by atoms with van der Waals surface area (Å²) in [6.45, 7) is 9.92. The summed E-state index contributed by atoms with van der Waals surface area (Å²) in [5, 5.41) is 4.70. The minimum absolute atomic E-state index is 0.0465. The van der Waals surface area contributed by atoms with E-state index in [1.54, 1.807) is 96.3 Å². The van der Waals surface area contributed by atoms with Crippen molar-refractivity contribution in [2.45, 2.75) is 159 Å². The first-order valence-electron chi connectivity index (χ1n) is 17.6. The molecular weight excluding hydrogens is 697 g/mol. The van der Waals surface area contributed by atoms with Crippen molar-refractivity contribution in [1.29, 1.82) is 0 Å². The summed E-state index contributed by atoms with van der Waals surface area (Å²) in [4.78, 5) is 9.29. The van der Waals surface area contributed by atoms with Crippen molar-refractivity contribution in [1.82, 2.24) is 0 Å². The molecule has 0 aromatic carbocycles. The molecule has 0 amide bonds. The summed E-state index contributed by atoms with van der Waals surface area (Å²) in [6, 6.07) is 0.298. The van der Waals surface area contributed by atoms with Gasteiger partial charge >= 0.3 is 34.5 Å². The van der Waals surface area contributed by atoms with E-state index in [0.29, 0.717) is 36.8 Å². The van der Waals surface area contributed by atoms with Crippen molar-refractivity contribution >= 4 is 39.1 Å². The summed E-state index contributed by atoms with van der Waals surface area (Å²) in [7, 11) is 9.66. The van der Waals surface area contributed by atoms with Crippen LogP contribution >= 0.6 is 27.3 Å². The molecule has 0 aromatic heterocycles. The zero-order chi connectivity index (χ0) is 31.3. The van der Waals surface area contributed by atoms with Crippen molar-refractivity contribution in [3.8, 4) is 0 Å². The second-order valence-corrected chi connectivity index (χ2v) is 20.3. The van der Waals surface area contributed by atoms with Gasteiger partial charge in [-0.1, -0.05) is 70.9 Å². The first-order chi connectivity index (χ1) is 21.4. The van der Waals surface area contributed by atoms with Gasteiger partial charge in [0, 0.05) is 7.92 Å². The van der Waals surface area contributed by atoms with Crippen LogP contribution in [0.1, 0.15) is 124 Å². The summed E-state index contributed by atoms with van der Waals surface area (Å²) >= 11 is -0.346. The van der Waals surface area contributed by atoms with E-state index in [1.165, 1.54) is 17.0 Å². The standard InChI is InChI=1S/C18H33P.C17H24N3O2.2ClH.Ru/c1-4-10-16(11-5-1)19(17-12-6-2-7-13-17)18-14-8-3-9-15-18;1-10(2)14-8-21-16(19-14)12-6-5-7-13(18-12)17-20-15(9-22-17)11(3)4;;;/h16-18H,1-15H2;5-7,10-12,14-15H,8-9H2,1-4H3;2*1H;/q;-1;;;+2/p-1. The summed E-state index contributed by atoms with van der Waals surface area (Å²) < 4.78 is 11.4. The van der Waals surface area contributed by atoms with Gasteiger partial charge in [0.25, 0.3) is 0 Å². The van der Waals surface area contributed by atoms with E-state index in [2.05, 4.69) is 37.7 Å². The first-order valence-corrected chi connectivity index (χ1v) is 23.8. The molecule has 6 rings (SSSR count). The Morgan fingerprint density at radius 1 is 0.727 bits per heavy atom. The maximum atomic E-state index is 5.73. The summed E-state index contributed by atoms with van der Waals surface area (Å²) in [6.07, 6.45) is 29.7. The second kappa shape index (κ2) is 19.6. The molecule has 3 aliphatic carbocycles. The van der Waals surface area contributed by atoms with Crippen LogP contribution in [-0.2, 0) is 24.6 Å². The molecule has 3 atom stereocenters. The Kier molecular flexibility index (Phi) is 16.4. The van der Waals surface area contributed by atoms with Crippen LogP contribution in [0.4, 0.5) is 0 Å². The molecule has 6 aliphatic rings. The predicted molar refractivity (Wildman–Crippen MR) is 189 cm³/mol. The monoisotopic (exact) mass is 755 g/mol. The molecule has 0 spiro atoms. The Labute approximate surface area is 285 Å². The van der Waals surface area contributed by atoms with Crippen molar-refractivity contribution in [2.24, 2.45) is 21.8 Å². The number of nitrogens with zero attached hydrogens (tertiary/aromatic N) is 3. The zero-order valence-electron chi connectivity index (χ0n) is 27.6. The molecule has 0 N–H and O–H groups in total. The molecule has 9 heteroatoms. The number of ether oxygens (including phenoxy) is 2. The zero-order valence-corrected chi connectivity index (χ0v) is 31.9. The first kappa shape index (κ1) is 36.7. The SMILES string of the molecule is C1CCC([PH+](C2CCCCC2)C2CCCCC2)CC1.CC(C)C1COC(C2=CC=CC(C3=NC(C(C)C)CO3)[N-]2)=N1.[Cl][Ru][Cl]. The van der Waals surface area contributed by atoms with Crippen molar-refractivity contribution in [3.63, 3.8) is 0 Å². The number of aliphatic imine (C=N–C) groups is 2. The molecule has 0 aromatic rings. The van der Waals surface area contributed by atoms with Gasteiger partial charge in [-0.05, 0) is 94.9 Å². The number of hydrogen-bond donors (Lipinski definition) is 0. The van der Waals surface area contributed by atoms with Gasteiger partial charge in [0.1, 0.15) is 13.2 Å². The number of halogens is 2. The normalized spacial score (nSPS) is 28.3. The van der Waals surface area contributed by atoms with Crippen LogP contribution in [0.2, 0.25) is 0 Å². The van der Waals surface area contributed by atoms with Crippen molar-refractivity contribution in [2.75, 3.05) is 13.2 Å².